The van der Waals surface area contributed by atoms with Crippen molar-refractivity contribution in [1.82, 2.24) is 0 Å². The second-order valence-electron chi connectivity index (χ2n) is 2.70. The van der Waals surface area contributed by atoms with Gasteiger partial charge in [-0.1, -0.05) is 26.0 Å². The molecular formula is C11H16O. The van der Waals surface area contributed by atoms with E-state index in [1.807, 2.05) is 20.1 Å². The first kappa shape index (κ1) is 9.11. The maximum atomic E-state index is 5.34. The van der Waals surface area contributed by atoms with Crippen LogP contribution in [0.2, 0.25) is 0 Å². The van der Waals surface area contributed by atoms with Gasteiger partial charge in [-0.05, 0) is 18.9 Å². The quantitative estimate of drug-likeness (QED) is 0.571. The molecule has 66 valence electrons. The SMILES string of the molecule is CC.Cc1coc2c1C=CCC2. The Hall–Kier alpha value is -0.980. The van der Waals surface area contributed by atoms with Crippen molar-refractivity contribution in [3.8, 4) is 0 Å². The third kappa shape index (κ3) is 1.60. The Labute approximate surface area is 74.1 Å². The third-order valence-corrected chi connectivity index (χ3v) is 1.93. The third-order valence-electron chi connectivity index (χ3n) is 1.93. The summed E-state index contributed by atoms with van der Waals surface area (Å²) in [6.07, 6.45) is 8.38. The van der Waals surface area contributed by atoms with Crippen LogP contribution in [0.25, 0.3) is 6.08 Å². The minimum absolute atomic E-state index is 1.07. The van der Waals surface area contributed by atoms with Crippen molar-refractivity contribution in [2.75, 3.05) is 0 Å². The Morgan fingerprint density at radius 3 is 2.75 bits per heavy atom. The van der Waals surface area contributed by atoms with Crippen LogP contribution in [0.4, 0.5) is 0 Å². The van der Waals surface area contributed by atoms with E-state index in [4.69, 9.17) is 4.42 Å². The van der Waals surface area contributed by atoms with Crippen LogP contribution in [0.5, 0.6) is 0 Å². The zero-order valence-corrected chi connectivity index (χ0v) is 8.05. The van der Waals surface area contributed by atoms with Crippen LogP contribution in [0.15, 0.2) is 16.8 Å². The van der Waals surface area contributed by atoms with Gasteiger partial charge in [0.2, 0.25) is 0 Å². The van der Waals surface area contributed by atoms with Crippen molar-refractivity contribution in [1.29, 1.82) is 0 Å². The summed E-state index contributed by atoms with van der Waals surface area (Å²) in [7, 11) is 0. The average Bonchev–Trinajstić information content (AvgIpc) is 2.53. The lowest BCUT2D eigenvalue weighted by Crippen LogP contribution is -1.89. The summed E-state index contributed by atoms with van der Waals surface area (Å²) >= 11 is 0. The lowest BCUT2D eigenvalue weighted by Gasteiger charge is -2.01. The summed E-state index contributed by atoms with van der Waals surface area (Å²) in [5.74, 6) is 1.15. The second-order valence-corrected chi connectivity index (χ2v) is 2.70. The molecule has 1 aliphatic rings. The van der Waals surface area contributed by atoms with Gasteiger partial charge in [0.15, 0.2) is 0 Å². The Balaban J connectivity index is 0.000000336. The molecule has 1 aromatic rings. The molecule has 1 heterocycles. The summed E-state index contributed by atoms with van der Waals surface area (Å²) in [5.41, 5.74) is 2.55. The van der Waals surface area contributed by atoms with Crippen molar-refractivity contribution in [2.45, 2.75) is 33.6 Å². The lowest BCUT2D eigenvalue weighted by molar-refractivity contribution is 0.506. The molecule has 0 N–H and O–H groups in total. The molecule has 0 aliphatic heterocycles. The molecule has 0 radical (unpaired) electrons. The molecule has 0 spiro atoms. The van der Waals surface area contributed by atoms with Gasteiger partial charge in [0.05, 0.1) is 6.26 Å². The Morgan fingerprint density at radius 1 is 1.33 bits per heavy atom. The molecule has 1 aliphatic carbocycles. The van der Waals surface area contributed by atoms with Gasteiger partial charge in [-0.15, -0.1) is 0 Å². The number of hydrogen-bond donors (Lipinski definition) is 0. The van der Waals surface area contributed by atoms with Crippen molar-refractivity contribution in [3.63, 3.8) is 0 Å². The summed E-state index contributed by atoms with van der Waals surface area (Å²) in [5, 5.41) is 0. The highest BCUT2D eigenvalue weighted by atomic mass is 16.3. The van der Waals surface area contributed by atoms with E-state index in [1.54, 1.807) is 0 Å². The van der Waals surface area contributed by atoms with Crippen molar-refractivity contribution < 1.29 is 4.42 Å². The molecule has 1 heteroatoms. The largest absolute Gasteiger partial charge is 0.468 e. The van der Waals surface area contributed by atoms with Gasteiger partial charge < -0.3 is 4.42 Å². The maximum Gasteiger partial charge on any atom is 0.111 e. The highest BCUT2D eigenvalue weighted by Crippen LogP contribution is 2.23. The van der Waals surface area contributed by atoms with E-state index in [9.17, 15) is 0 Å². The minimum Gasteiger partial charge on any atom is -0.468 e. The summed E-state index contributed by atoms with van der Waals surface area (Å²) in [6.45, 7) is 6.08. The predicted octanol–water partition coefficient (Wildman–Crippen LogP) is 3.57. The van der Waals surface area contributed by atoms with E-state index >= 15 is 0 Å². The van der Waals surface area contributed by atoms with Crippen LogP contribution in [0, 0.1) is 6.92 Å². The highest BCUT2D eigenvalue weighted by Gasteiger charge is 2.09. The molecule has 0 aromatic carbocycles. The van der Waals surface area contributed by atoms with E-state index in [0.29, 0.717) is 0 Å². The fourth-order valence-corrected chi connectivity index (χ4v) is 1.34. The van der Waals surface area contributed by atoms with E-state index in [-0.39, 0.29) is 0 Å². The first-order valence-corrected chi connectivity index (χ1v) is 4.61. The normalized spacial score (nSPS) is 13.2. The van der Waals surface area contributed by atoms with Gasteiger partial charge >= 0.3 is 0 Å². The van der Waals surface area contributed by atoms with Crippen LogP contribution in [-0.2, 0) is 6.42 Å². The lowest BCUT2D eigenvalue weighted by atomic mass is 10.0. The molecule has 0 amide bonds. The predicted molar refractivity (Wildman–Crippen MR) is 52.1 cm³/mol. The van der Waals surface area contributed by atoms with Crippen molar-refractivity contribution in [2.24, 2.45) is 0 Å². The minimum atomic E-state index is 1.07. The number of hydrogen-bond acceptors (Lipinski definition) is 1. The molecule has 1 aromatic heterocycles. The molecule has 1 nitrogen and oxygen atoms in total. The number of fused-ring (bicyclic) bond motifs is 1. The van der Waals surface area contributed by atoms with Gasteiger partial charge in [0.1, 0.15) is 5.76 Å². The molecule has 0 fully saturated rings. The Kier molecular flexibility index (Phi) is 3.15. The summed E-state index contributed by atoms with van der Waals surface area (Å²) in [6, 6.07) is 0. The summed E-state index contributed by atoms with van der Waals surface area (Å²) < 4.78 is 5.34. The number of allylic oxidation sites excluding steroid dienone is 1. The van der Waals surface area contributed by atoms with E-state index in [0.717, 1.165) is 18.6 Å². The van der Waals surface area contributed by atoms with Crippen LogP contribution in [-0.4, -0.2) is 0 Å². The zero-order chi connectivity index (χ0) is 8.97. The topological polar surface area (TPSA) is 13.1 Å². The number of furan rings is 1. The van der Waals surface area contributed by atoms with E-state index in [1.165, 1.54) is 11.1 Å². The first-order valence-electron chi connectivity index (χ1n) is 4.61. The number of rotatable bonds is 0. The van der Waals surface area contributed by atoms with Crippen LogP contribution in [0.1, 0.15) is 37.2 Å². The zero-order valence-electron chi connectivity index (χ0n) is 8.05. The Morgan fingerprint density at radius 2 is 2.08 bits per heavy atom. The number of aryl methyl sites for hydroxylation is 2. The molecule has 0 bridgehead atoms. The Bertz CT molecular complexity index is 269. The van der Waals surface area contributed by atoms with Crippen LogP contribution < -0.4 is 0 Å². The fourth-order valence-electron chi connectivity index (χ4n) is 1.34. The van der Waals surface area contributed by atoms with Gasteiger partial charge in [-0.2, -0.15) is 0 Å². The van der Waals surface area contributed by atoms with Gasteiger partial charge in [0.25, 0.3) is 0 Å². The molecule has 0 unspecified atom stereocenters. The molecule has 0 saturated heterocycles. The van der Waals surface area contributed by atoms with Gasteiger partial charge in [-0.3, -0.25) is 0 Å². The van der Waals surface area contributed by atoms with E-state index in [2.05, 4.69) is 19.1 Å². The molecule has 12 heavy (non-hydrogen) atoms. The molecule has 0 atom stereocenters. The van der Waals surface area contributed by atoms with Crippen LogP contribution >= 0.6 is 0 Å². The fraction of sp³-hybridized carbons (Fsp3) is 0.455. The van der Waals surface area contributed by atoms with Crippen LogP contribution in [0.3, 0.4) is 0 Å². The van der Waals surface area contributed by atoms with Crippen molar-refractivity contribution >= 4 is 6.08 Å². The van der Waals surface area contributed by atoms with E-state index < -0.39 is 0 Å². The molecule has 0 saturated carbocycles. The second kappa shape index (κ2) is 4.15. The first-order chi connectivity index (χ1) is 5.88. The molecule has 2 rings (SSSR count). The smallest absolute Gasteiger partial charge is 0.111 e. The highest BCUT2D eigenvalue weighted by molar-refractivity contribution is 5.57. The molecular weight excluding hydrogens is 148 g/mol. The van der Waals surface area contributed by atoms with Gasteiger partial charge in [-0.25, -0.2) is 0 Å². The monoisotopic (exact) mass is 164 g/mol. The van der Waals surface area contributed by atoms with Crippen molar-refractivity contribution in [3.05, 3.63) is 29.2 Å². The average molecular weight is 164 g/mol. The summed E-state index contributed by atoms with van der Waals surface area (Å²) in [4.78, 5) is 0. The van der Waals surface area contributed by atoms with Gasteiger partial charge in [0, 0.05) is 12.0 Å². The standard InChI is InChI=1S/C9H10O.C2H6/c1-7-6-10-9-5-3-2-4-8(7)9;1-2/h2,4,6H,3,5H2,1H3;1-2H3. The maximum absolute atomic E-state index is 5.34.